The summed E-state index contributed by atoms with van der Waals surface area (Å²) in [5, 5.41) is 3.37. The zero-order chi connectivity index (χ0) is 8.53. The summed E-state index contributed by atoms with van der Waals surface area (Å²) in [6.07, 6.45) is 2.24. The van der Waals surface area contributed by atoms with Gasteiger partial charge in [0.05, 0.1) is 0 Å². The fourth-order valence-electron chi connectivity index (χ4n) is 0.769. The van der Waals surface area contributed by atoms with Crippen LogP contribution in [-0.4, -0.2) is 13.1 Å². The summed E-state index contributed by atoms with van der Waals surface area (Å²) in [4.78, 5) is 0. The molecule has 0 bridgehead atoms. The normalized spacial score (nSPS) is 11.9. The highest BCUT2D eigenvalue weighted by Gasteiger charge is 1.95. The molecule has 0 amide bonds. The second-order valence-corrected chi connectivity index (χ2v) is 2.89. The fourth-order valence-corrected chi connectivity index (χ4v) is 0.769. The quantitative estimate of drug-likeness (QED) is 0.471. The molecule has 0 radical (unpaired) electrons. The maximum absolute atomic E-state index is 3.37. The Labute approximate surface area is 70.6 Å². The number of rotatable bonds is 5. The molecule has 1 N–H and O–H groups in total. The third-order valence-electron chi connectivity index (χ3n) is 1.79. The minimum absolute atomic E-state index is 0.796. The first-order valence-electron chi connectivity index (χ1n) is 4.41. The van der Waals surface area contributed by atoms with E-state index >= 15 is 0 Å². The van der Waals surface area contributed by atoms with Crippen molar-refractivity contribution < 1.29 is 0 Å². The Bertz CT molecular complexity index is 130. The topological polar surface area (TPSA) is 12.0 Å². The van der Waals surface area contributed by atoms with Crippen LogP contribution >= 0.6 is 0 Å². The molecular formula is C10H19N. The van der Waals surface area contributed by atoms with E-state index in [1.807, 2.05) is 6.92 Å². The predicted octanol–water partition coefficient (Wildman–Crippen LogP) is 2.04. The molecule has 0 heterocycles. The fraction of sp³-hybridized carbons (Fsp3) is 0.800. The van der Waals surface area contributed by atoms with E-state index in [1.165, 1.54) is 6.42 Å². The van der Waals surface area contributed by atoms with Crippen molar-refractivity contribution >= 4 is 0 Å². The molecule has 0 rings (SSSR count). The Balaban J connectivity index is 3.05. The van der Waals surface area contributed by atoms with Crippen LogP contribution in [0.3, 0.4) is 0 Å². The lowest BCUT2D eigenvalue weighted by molar-refractivity contribution is 0.505. The molecule has 0 aliphatic carbocycles. The molecule has 0 saturated carbocycles. The van der Waals surface area contributed by atoms with Gasteiger partial charge in [-0.25, -0.2) is 0 Å². The Morgan fingerprint density at radius 3 is 2.73 bits per heavy atom. The standard InChI is InChI=1S/C10H19N/c1-4-6-7-8-11-9-10(3)5-2/h10-11H,5,7-9H2,1-3H3. The van der Waals surface area contributed by atoms with Crippen LogP contribution in [0.5, 0.6) is 0 Å². The molecular weight excluding hydrogens is 134 g/mol. The highest BCUT2D eigenvalue weighted by atomic mass is 14.8. The van der Waals surface area contributed by atoms with E-state index in [4.69, 9.17) is 0 Å². The predicted molar refractivity (Wildman–Crippen MR) is 50.4 cm³/mol. The summed E-state index contributed by atoms with van der Waals surface area (Å²) in [6.45, 7) is 8.53. The minimum Gasteiger partial charge on any atom is -0.316 e. The van der Waals surface area contributed by atoms with Gasteiger partial charge in [0.1, 0.15) is 0 Å². The third-order valence-corrected chi connectivity index (χ3v) is 1.79. The molecule has 0 aromatic rings. The van der Waals surface area contributed by atoms with Crippen molar-refractivity contribution in [3.63, 3.8) is 0 Å². The van der Waals surface area contributed by atoms with Gasteiger partial charge in [-0.05, 0) is 19.4 Å². The first kappa shape index (κ1) is 10.5. The smallest absolute Gasteiger partial charge is 0.0214 e. The summed E-state index contributed by atoms with van der Waals surface area (Å²) in [5.41, 5.74) is 0. The van der Waals surface area contributed by atoms with E-state index in [9.17, 15) is 0 Å². The Morgan fingerprint density at radius 2 is 2.18 bits per heavy atom. The van der Waals surface area contributed by atoms with E-state index in [1.54, 1.807) is 0 Å². The van der Waals surface area contributed by atoms with Gasteiger partial charge in [0, 0.05) is 13.0 Å². The molecule has 0 fully saturated rings. The van der Waals surface area contributed by atoms with Gasteiger partial charge in [-0.1, -0.05) is 20.3 Å². The van der Waals surface area contributed by atoms with Crippen molar-refractivity contribution in [2.24, 2.45) is 5.92 Å². The molecule has 0 aromatic carbocycles. The van der Waals surface area contributed by atoms with Crippen LogP contribution in [0, 0.1) is 17.8 Å². The first-order valence-corrected chi connectivity index (χ1v) is 4.41. The van der Waals surface area contributed by atoms with Gasteiger partial charge in [-0.15, -0.1) is 11.8 Å². The summed E-state index contributed by atoms with van der Waals surface area (Å²) in [5.74, 6) is 6.70. The zero-order valence-electron chi connectivity index (χ0n) is 7.91. The molecule has 0 aliphatic rings. The molecule has 11 heavy (non-hydrogen) atoms. The zero-order valence-corrected chi connectivity index (χ0v) is 7.91. The van der Waals surface area contributed by atoms with Crippen molar-refractivity contribution in [2.45, 2.75) is 33.6 Å². The highest BCUT2D eigenvalue weighted by Crippen LogP contribution is 1.96. The molecule has 1 heteroatoms. The van der Waals surface area contributed by atoms with Gasteiger partial charge in [0.25, 0.3) is 0 Å². The molecule has 64 valence electrons. The van der Waals surface area contributed by atoms with E-state index in [0.717, 1.165) is 25.4 Å². The lowest BCUT2D eigenvalue weighted by atomic mass is 10.1. The van der Waals surface area contributed by atoms with Gasteiger partial charge in [0.15, 0.2) is 0 Å². The summed E-state index contributed by atoms with van der Waals surface area (Å²) >= 11 is 0. The average Bonchev–Trinajstić information content (AvgIpc) is 2.04. The van der Waals surface area contributed by atoms with Crippen molar-refractivity contribution in [1.29, 1.82) is 0 Å². The van der Waals surface area contributed by atoms with Crippen molar-refractivity contribution in [3.8, 4) is 11.8 Å². The van der Waals surface area contributed by atoms with E-state index in [2.05, 4.69) is 31.0 Å². The maximum atomic E-state index is 3.37. The highest BCUT2D eigenvalue weighted by molar-refractivity contribution is 4.95. The third kappa shape index (κ3) is 7.42. The van der Waals surface area contributed by atoms with Crippen LogP contribution in [-0.2, 0) is 0 Å². The van der Waals surface area contributed by atoms with Crippen molar-refractivity contribution in [1.82, 2.24) is 5.32 Å². The first-order chi connectivity index (χ1) is 5.31. The van der Waals surface area contributed by atoms with E-state index in [-0.39, 0.29) is 0 Å². The van der Waals surface area contributed by atoms with Gasteiger partial charge >= 0.3 is 0 Å². The van der Waals surface area contributed by atoms with Crippen molar-refractivity contribution in [2.75, 3.05) is 13.1 Å². The number of hydrogen-bond donors (Lipinski definition) is 1. The molecule has 0 spiro atoms. The van der Waals surface area contributed by atoms with Crippen LogP contribution in [0.4, 0.5) is 0 Å². The summed E-state index contributed by atoms with van der Waals surface area (Å²) < 4.78 is 0. The van der Waals surface area contributed by atoms with Crippen LogP contribution in [0.25, 0.3) is 0 Å². The number of hydrogen-bond acceptors (Lipinski definition) is 1. The van der Waals surface area contributed by atoms with E-state index < -0.39 is 0 Å². The van der Waals surface area contributed by atoms with Gasteiger partial charge < -0.3 is 5.32 Å². The lowest BCUT2D eigenvalue weighted by Crippen LogP contribution is -2.21. The largest absolute Gasteiger partial charge is 0.316 e. The van der Waals surface area contributed by atoms with E-state index in [0.29, 0.717) is 0 Å². The Morgan fingerprint density at radius 1 is 1.45 bits per heavy atom. The minimum atomic E-state index is 0.796. The Kier molecular flexibility index (Phi) is 7.29. The monoisotopic (exact) mass is 153 g/mol. The summed E-state index contributed by atoms with van der Waals surface area (Å²) in [6, 6.07) is 0. The van der Waals surface area contributed by atoms with Crippen LogP contribution < -0.4 is 5.32 Å². The molecule has 1 atom stereocenters. The number of nitrogens with one attached hydrogen (secondary N) is 1. The van der Waals surface area contributed by atoms with Gasteiger partial charge in [0.2, 0.25) is 0 Å². The Hall–Kier alpha value is -0.480. The van der Waals surface area contributed by atoms with Gasteiger partial charge in [-0.3, -0.25) is 0 Å². The molecule has 0 saturated heterocycles. The molecule has 1 unspecified atom stereocenters. The second kappa shape index (κ2) is 7.63. The lowest BCUT2D eigenvalue weighted by Gasteiger charge is -2.07. The molecule has 0 aromatic heterocycles. The summed E-state index contributed by atoms with van der Waals surface area (Å²) in [7, 11) is 0. The average molecular weight is 153 g/mol. The van der Waals surface area contributed by atoms with Crippen LogP contribution in [0.1, 0.15) is 33.6 Å². The van der Waals surface area contributed by atoms with Crippen LogP contribution in [0.15, 0.2) is 0 Å². The SMILES string of the molecule is CC#CCCNCC(C)CC. The maximum Gasteiger partial charge on any atom is 0.0214 e. The van der Waals surface area contributed by atoms with Crippen molar-refractivity contribution in [3.05, 3.63) is 0 Å². The second-order valence-electron chi connectivity index (χ2n) is 2.89. The van der Waals surface area contributed by atoms with Crippen LogP contribution in [0.2, 0.25) is 0 Å². The van der Waals surface area contributed by atoms with Gasteiger partial charge in [-0.2, -0.15) is 0 Å². The molecule has 0 aliphatic heterocycles. The molecule has 1 nitrogen and oxygen atoms in total.